The molecule has 104 valence electrons. The van der Waals surface area contributed by atoms with Crippen molar-refractivity contribution in [3.8, 4) is 0 Å². The van der Waals surface area contributed by atoms with Crippen molar-refractivity contribution in [3.05, 3.63) is 36.0 Å². The zero-order valence-corrected chi connectivity index (χ0v) is 12.8. The molecule has 0 heteroatoms. The van der Waals surface area contributed by atoms with Crippen molar-refractivity contribution < 1.29 is 0 Å². The zero-order chi connectivity index (χ0) is 13.5. The van der Waals surface area contributed by atoms with Crippen molar-refractivity contribution in [2.75, 3.05) is 0 Å². The van der Waals surface area contributed by atoms with Crippen LogP contribution >= 0.6 is 0 Å². The van der Waals surface area contributed by atoms with E-state index >= 15 is 0 Å². The normalized spacial score (nSPS) is 12.9. The Morgan fingerprint density at radius 3 is 2.17 bits per heavy atom. The molecule has 0 atom stereocenters. The molecular formula is C18H32. The minimum Gasteiger partial charge on any atom is -0.0845 e. The summed E-state index contributed by atoms with van der Waals surface area (Å²) >= 11 is 0. The van der Waals surface area contributed by atoms with Crippen molar-refractivity contribution >= 4 is 0 Å². The molecule has 0 saturated carbocycles. The first-order chi connectivity index (χ1) is 8.85. The number of hydrogen-bond acceptors (Lipinski definition) is 0. The van der Waals surface area contributed by atoms with Gasteiger partial charge in [-0.15, -0.1) is 0 Å². The fraction of sp³-hybridized carbons (Fsp3) is 0.667. The van der Waals surface area contributed by atoms with Gasteiger partial charge in [0.1, 0.15) is 0 Å². The molecular weight excluding hydrogens is 216 g/mol. The van der Waals surface area contributed by atoms with Crippen LogP contribution < -0.4 is 0 Å². The average molecular weight is 248 g/mol. The fourth-order valence-corrected chi connectivity index (χ4v) is 1.87. The summed E-state index contributed by atoms with van der Waals surface area (Å²) in [6, 6.07) is 0. The minimum absolute atomic E-state index is 1.20. The Morgan fingerprint density at radius 2 is 1.50 bits per heavy atom. The summed E-state index contributed by atoms with van der Waals surface area (Å²) < 4.78 is 0. The summed E-state index contributed by atoms with van der Waals surface area (Å²) in [5, 5.41) is 0. The first-order valence-electron chi connectivity index (χ1n) is 7.87. The first kappa shape index (κ1) is 17.2. The maximum Gasteiger partial charge on any atom is -0.0282 e. The molecule has 0 spiro atoms. The molecule has 0 nitrogen and oxygen atoms in total. The van der Waals surface area contributed by atoms with Crippen molar-refractivity contribution in [3.63, 3.8) is 0 Å². The second-order valence-electron chi connectivity index (χ2n) is 4.96. The van der Waals surface area contributed by atoms with E-state index in [-0.39, 0.29) is 0 Å². The topological polar surface area (TPSA) is 0 Å². The number of hydrogen-bond donors (Lipinski definition) is 0. The van der Waals surface area contributed by atoms with Crippen LogP contribution in [0, 0.1) is 0 Å². The van der Waals surface area contributed by atoms with Crippen molar-refractivity contribution in [2.24, 2.45) is 0 Å². The summed E-state index contributed by atoms with van der Waals surface area (Å²) in [7, 11) is 0. The third-order valence-electron chi connectivity index (χ3n) is 3.02. The second kappa shape index (κ2) is 14.3. The number of allylic oxidation sites excluding steroid dienone is 6. The van der Waals surface area contributed by atoms with Crippen molar-refractivity contribution in [2.45, 2.75) is 78.6 Å². The van der Waals surface area contributed by atoms with Gasteiger partial charge in [-0.05, 0) is 31.3 Å². The van der Waals surface area contributed by atoms with Crippen LogP contribution in [0.3, 0.4) is 0 Å². The van der Waals surface area contributed by atoms with Gasteiger partial charge in [0.05, 0.1) is 0 Å². The smallest absolute Gasteiger partial charge is 0.0282 e. The molecule has 0 aromatic rings. The quantitative estimate of drug-likeness (QED) is 0.285. The van der Waals surface area contributed by atoms with Crippen molar-refractivity contribution in [1.82, 2.24) is 0 Å². The van der Waals surface area contributed by atoms with Gasteiger partial charge in [-0.25, -0.2) is 0 Å². The van der Waals surface area contributed by atoms with Gasteiger partial charge in [-0.3, -0.25) is 0 Å². The van der Waals surface area contributed by atoms with E-state index in [9.17, 15) is 0 Å². The lowest BCUT2D eigenvalue weighted by Gasteiger charge is -1.98. The van der Waals surface area contributed by atoms with Crippen LogP contribution in [0.25, 0.3) is 0 Å². The summed E-state index contributed by atoms with van der Waals surface area (Å²) in [5.41, 5.74) is 1.47. The lowest BCUT2D eigenvalue weighted by molar-refractivity contribution is 0.729. The first-order valence-corrected chi connectivity index (χ1v) is 7.87. The van der Waals surface area contributed by atoms with E-state index < -0.39 is 0 Å². The average Bonchev–Trinajstić information content (AvgIpc) is 2.38. The SMILES string of the molecule is CCCCC=CC=C(C=CCCCCC)CCC. The van der Waals surface area contributed by atoms with Gasteiger partial charge in [0.25, 0.3) is 0 Å². The predicted octanol–water partition coefficient (Wildman–Crippen LogP) is 6.60. The van der Waals surface area contributed by atoms with Crippen molar-refractivity contribution in [1.29, 1.82) is 0 Å². The molecule has 0 aromatic carbocycles. The molecule has 0 saturated heterocycles. The Bertz CT molecular complexity index is 243. The number of rotatable bonds is 11. The molecule has 0 rings (SSSR count). The Kier molecular flexibility index (Phi) is 13.7. The third kappa shape index (κ3) is 11.7. The van der Waals surface area contributed by atoms with E-state index in [0.29, 0.717) is 0 Å². The van der Waals surface area contributed by atoms with Gasteiger partial charge in [0.2, 0.25) is 0 Å². The molecule has 0 aliphatic heterocycles. The van der Waals surface area contributed by atoms with Crippen LogP contribution in [0.1, 0.15) is 78.6 Å². The van der Waals surface area contributed by atoms with Crippen LogP contribution in [0.2, 0.25) is 0 Å². The highest BCUT2D eigenvalue weighted by molar-refractivity contribution is 5.23. The van der Waals surface area contributed by atoms with Gasteiger partial charge >= 0.3 is 0 Å². The molecule has 0 amide bonds. The largest absolute Gasteiger partial charge is 0.0845 e. The lowest BCUT2D eigenvalue weighted by atomic mass is 10.1. The Morgan fingerprint density at radius 1 is 0.778 bits per heavy atom. The lowest BCUT2D eigenvalue weighted by Crippen LogP contribution is -1.78. The molecule has 0 aliphatic carbocycles. The highest BCUT2D eigenvalue weighted by Crippen LogP contribution is 2.09. The molecule has 0 aromatic heterocycles. The van der Waals surface area contributed by atoms with Gasteiger partial charge in [-0.1, -0.05) is 83.3 Å². The van der Waals surface area contributed by atoms with Crippen LogP contribution in [-0.4, -0.2) is 0 Å². The molecule has 0 radical (unpaired) electrons. The third-order valence-corrected chi connectivity index (χ3v) is 3.02. The van der Waals surface area contributed by atoms with E-state index in [1.165, 1.54) is 63.4 Å². The minimum atomic E-state index is 1.20. The molecule has 0 heterocycles. The predicted molar refractivity (Wildman–Crippen MR) is 84.9 cm³/mol. The highest BCUT2D eigenvalue weighted by atomic mass is 14.0. The maximum atomic E-state index is 2.34. The summed E-state index contributed by atoms with van der Waals surface area (Å²) in [4.78, 5) is 0. The van der Waals surface area contributed by atoms with Crippen LogP contribution in [0.5, 0.6) is 0 Å². The number of unbranched alkanes of at least 4 members (excludes halogenated alkanes) is 5. The van der Waals surface area contributed by atoms with E-state index in [2.05, 4.69) is 51.2 Å². The highest BCUT2D eigenvalue weighted by Gasteiger charge is 1.89. The van der Waals surface area contributed by atoms with Gasteiger partial charge < -0.3 is 0 Å². The maximum absolute atomic E-state index is 2.34. The molecule has 0 N–H and O–H groups in total. The Hall–Kier alpha value is -0.780. The van der Waals surface area contributed by atoms with Gasteiger partial charge in [-0.2, -0.15) is 0 Å². The summed E-state index contributed by atoms with van der Waals surface area (Å²) in [6.07, 6.45) is 22.9. The van der Waals surface area contributed by atoms with Gasteiger partial charge in [0, 0.05) is 0 Å². The molecule has 0 fully saturated rings. The fourth-order valence-electron chi connectivity index (χ4n) is 1.87. The van der Waals surface area contributed by atoms with E-state index in [1.54, 1.807) is 0 Å². The Balaban J connectivity index is 4.02. The van der Waals surface area contributed by atoms with Crippen LogP contribution in [0.15, 0.2) is 36.0 Å². The zero-order valence-electron chi connectivity index (χ0n) is 12.8. The summed E-state index contributed by atoms with van der Waals surface area (Å²) in [6.45, 7) is 6.75. The van der Waals surface area contributed by atoms with Crippen LogP contribution in [0.4, 0.5) is 0 Å². The Labute approximate surface area is 115 Å². The van der Waals surface area contributed by atoms with E-state index in [0.717, 1.165) is 0 Å². The standard InChI is InChI=1S/C18H32/c1-4-7-9-11-13-16-18(15-6-3)17-14-12-10-8-5-2/h11,13-14,16-17H,4-10,12,15H2,1-3H3. The monoisotopic (exact) mass is 248 g/mol. The molecule has 0 aliphatic rings. The van der Waals surface area contributed by atoms with E-state index in [4.69, 9.17) is 0 Å². The molecule has 18 heavy (non-hydrogen) atoms. The van der Waals surface area contributed by atoms with Gasteiger partial charge in [0.15, 0.2) is 0 Å². The molecule has 0 bridgehead atoms. The van der Waals surface area contributed by atoms with Crippen LogP contribution in [-0.2, 0) is 0 Å². The summed E-state index contributed by atoms with van der Waals surface area (Å²) in [5.74, 6) is 0. The molecule has 0 unspecified atom stereocenters. The van der Waals surface area contributed by atoms with E-state index in [1.807, 2.05) is 0 Å². The second-order valence-corrected chi connectivity index (χ2v) is 4.96.